The fourth-order valence-electron chi connectivity index (χ4n) is 3.47. The third kappa shape index (κ3) is 7.51. The zero-order chi connectivity index (χ0) is 22.3. The summed E-state index contributed by atoms with van der Waals surface area (Å²) in [7, 11) is -3.37. The molecule has 1 saturated heterocycles. The smallest absolute Gasteiger partial charge is 0.324 e. The number of hydrogen-bond acceptors (Lipinski definition) is 7. The van der Waals surface area contributed by atoms with Gasteiger partial charge < -0.3 is 9.64 Å². The van der Waals surface area contributed by atoms with Gasteiger partial charge in [-0.15, -0.1) is 0 Å². The lowest BCUT2D eigenvalue weighted by molar-refractivity contribution is -0.118. The number of carbonyl (C=O) groups excluding carboxylic acids is 2. The predicted octanol–water partition coefficient (Wildman–Crippen LogP) is 2.00. The van der Waals surface area contributed by atoms with Gasteiger partial charge in [0.2, 0.25) is 5.91 Å². The molecule has 3 amide bonds. The van der Waals surface area contributed by atoms with Crippen LogP contribution >= 0.6 is 0 Å². The molecule has 1 aliphatic heterocycles. The Labute approximate surface area is 182 Å². The molecule has 2 fully saturated rings. The van der Waals surface area contributed by atoms with Gasteiger partial charge in [-0.05, 0) is 43.2 Å². The van der Waals surface area contributed by atoms with Crippen molar-refractivity contribution in [1.29, 1.82) is 5.26 Å². The SMILES string of the molecule is N#CC[C@@H](CS(=O)(=O)CCCCCN1CC(=O)NC1=O)c1cncc(OCC2CC2)c1. The van der Waals surface area contributed by atoms with Crippen LogP contribution in [0.1, 0.15) is 50.0 Å². The fraction of sp³-hybridized carbons (Fsp3) is 0.619. The molecule has 0 spiro atoms. The molecule has 3 rings (SSSR count). The van der Waals surface area contributed by atoms with E-state index >= 15 is 0 Å². The first kappa shape index (κ1) is 23.0. The minimum Gasteiger partial charge on any atom is -0.492 e. The molecular weight excluding hydrogens is 420 g/mol. The topological polar surface area (TPSA) is 129 Å². The van der Waals surface area contributed by atoms with Crippen LogP contribution < -0.4 is 10.1 Å². The maximum atomic E-state index is 12.6. The zero-order valence-electron chi connectivity index (χ0n) is 17.5. The fourth-order valence-corrected chi connectivity index (χ4v) is 5.21. The van der Waals surface area contributed by atoms with Gasteiger partial charge in [0.05, 0.1) is 30.4 Å². The maximum Gasteiger partial charge on any atom is 0.324 e. The van der Waals surface area contributed by atoms with Gasteiger partial charge in [-0.2, -0.15) is 5.26 Å². The van der Waals surface area contributed by atoms with Crippen molar-refractivity contribution in [3.05, 3.63) is 24.0 Å². The number of ether oxygens (including phenoxy) is 1. The molecule has 1 saturated carbocycles. The van der Waals surface area contributed by atoms with Crippen molar-refractivity contribution in [3.63, 3.8) is 0 Å². The highest BCUT2D eigenvalue weighted by molar-refractivity contribution is 7.91. The summed E-state index contributed by atoms with van der Waals surface area (Å²) in [5.41, 5.74) is 0.697. The Morgan fingerprint density at radius 1 is 1.26 bits per heavy atom. The van der Waals surface area contributed by atoms with Crippen LogP contribution in [-0.2, 0) is 14.6 Å². The summed E-state index contributed by atoms with van der Waals surface area (Å²) in [6, 6.07) is 3.47. The van der Waals surface area contributed by atoms with Crippen LogP contribution in [0.15, 0.2) is 18.5 Å². The lowest BCUT2D eigenvalue weighted by Gasteiger charge is -2.16. The molecule has 1 atom stereocenters. The van der Waals surface area contributed by atoms with Gasteiger partial charge >= 0.3 is 6.03 Å². The molecule has 0 radical (unpaired) electrons. The van der Waals surface area contributed by atoms with E-state index in [-0.39, 0.29) is 30.4 Å². The lowest BCUT2D eigenvalue weighted by Crippen LogP contribution is -2.29. The second-order valence-electron chi connectivity index (χ2n) is 8.22. The molecule has 2 heterocycles. The highest BCUT2D eigenvalue weighted by atomic mass is 32.2. The third-order valence-corrected chi connectivity index (χ3v) is 7.25. The summed E-state index contributed by atoms with van der Waals surface area (Å²) in [4.78, 5) is 28.2. The average molecular weight is 449 g/mol. The first-order valence-electron chi connectivity index (χ1n) is 10.6. The van der Waals surface area contributed by atoms with E-state index in [0.717, 1.165) is 0 Å². The number of sulfone groups is 1. The molecule has 1 N–H and O–H groups in total. The summed E-state index contributed by atoms with van der Waals surface area (Å²) in [6.45, 7) is 1.12. The highest BCUT2D eigenvalue weighted by Gasteiger charge is 2.26. The summed E-state index contributed by atoms with van der Waals surface area (Å²) in [5, 5.41) is 11.4. The number of aromatic nitrogens is 1. The monoisotopic (exact) mass is 448 g/mol. The summed E-state index contributed by atoms with van der Waals surface area (Å²) >= 11 is 0. The predicted molar refractivity (Wildman–Crippen MR) is 113 cm³/mol. The zero-order valence-corrected chi connectivity index (χ0v) is 18.3. The number of urea groups is 1. The van der Waals surface area contributed by atoms with Crippen molar-refractivity contribution in [2.75, 3.05) is 31.2 Å². The van der Waals surface area contributed by atoms with Crippen LogP contribution in [0.4, 0.5) is 4.79 Å². The molecule has 2 aliphatic rings. The second kappa shape index (κ2) is 10.6. The number of hydrogen-bond donors (Lipinski definition) is 1. The molecule has 1 aromatic rings. The van der Waals surface area contributed by atoms with Crippen LogP contribution in [0.2, 0.25) is 0 Å². The summed E-state index contributed by atoms with van der Waals surface area (Å²) in [5.74, 6) is 0.343. The molecule has 168 valence electrons. The Bertz CT molecular complexity index is 939. The van der Waals surface area contributed by atoms with Crippen LogP contribution in [0.3, 0.4) is 0 Å². The lowest BCUT2D eigenvalue weighted by atomic mass is 10.00. The molecule has 9 nitrogen and oxygen atoms in total. The number of pyridine rings is 1. The largest absolute Gasteiger partial charge is 0.492 e. The van der Waals surface area contributed by atoms with Crippen LogP contribution in [0.25, 0.3) is 0 Å². The normalized spacial score (nSPS) is 17.3. The molecular formula is C21H28N4O5S. The number of unbranched alkanes of at least 4 members (excludes halogenated alkanes) is 2. The van der Waals surface area contributed by atoms with E-state index in [1.807, 2.05) is 0 Å². The first-order valence-corrected chi connectivity index (χ1v) is 12.4. The van der Waals surface area contributed by atoms with Crippen molar-refractivity contribution in [1.82, 2.24) is 15.2 Å². The Kier molecular flexibility index (Phi) is 7.85. The number of nitriles is 1. The van der Waals surface area contributed by atoms with Gasteiger partial charge in [0, 0.05) is 25.1 Å². The van der Waals surface area contributed by atoms with Crippen molar-refractivity contribution in [2.24, 2.45) is 5.92 Å². The third-order valence-electron chi connectivity index (χ3n) is 5.43. The number of rotatable bonds is 13. The van der Waals surface area contributed by atoms with Crippen LogP contribution in [-0.4, -0.2) is 61.4 Å². The molecule has 31 heavy (non-hydrogen) atoms. The molecule has 10 heteroatoms. The second-order valence-corrected chi connectivity index (χ2v) is 10.4. The number of amides is 3. The number of nitrogens with one attached hydrogen (secondary N) is 1. The van der Waals surface area contributed by atoms with Gasteiger partial charge in [0.15, 0.2) is 9.84 Å². The van der Waals surface area contributed by atoms with Gasteiger partial charge in [0.1, 0.15) is 12.3 Å². The van der Waals surface area contributed by atoms with E-state index in [2.05, 4.69) is 16.4 Å². The van der Waals surface area contributed by atoms with Crippen LogP contribution in [0, 0.1) is 17.2 Å². The van der Waals surface area contributed by atoms with E-state index in [9.17, 15) is 23.3 Å². The summed E-state index contributed by atoms with van der Waals surface area (Å²) < 4.78 is 31.0. The quantitative estimate of drug-likeness (QED) is 0.361. The maximum absolute atomic E-state index is 12.6. The van der Waals surface area contributed by atoms with Crippen LogP contribution in [0.5, 0.6) is 5.75 Å². The number of nitrogens with zero attached hydrogens (tertiary/aromatic N) is 3. The standard InChI is InChI=1S/C21H28N4O5S/c22-7-6-17(18-10-19(12-23-11-18)30-14-16-4-5-16)15-31(28,29)9-3-1-2-8-25-13-20(26)24-21(25)27/h10-12,16-17H,1-6,8-9,13-15H2,(H,24,26,27)/t17-/m0/s1. The Morgan fingerprint density at radius 3 is 2.74 bits per heavy atom. The Hall–Kier alpha value is -2.67. The van der Waals surface area contributed by atoms with Gasteiger partial charge in [-0.1, -0.05) is 6.42 Å². The van der Waals surface area contributed by atoms with Gasteiger partial charge in [-0.25, -0.2) is 13.2 Å². The van der Waals surface area contributed by atoms with Crippen molar-refractivity contribution < 1.29 is 22.7 Å². The number of imide groups is 1. The highest BCUT2D eigenvalue weighted by Crippen LogP contribution is 2.30. The Morgan fingerprint density at radius 2 is 2.06 bits per heavy atom. The molecule has 1 aromatic heterocycles. The van der Waals surface area contributed by atoms with Gasteiger partial charge in [0.25, 0.3) is 0 Å². The average Bonchev–Trinajstić information content (AvgIpc) is 3.50. The van der Waals surface area contributed by atoms with E-state index in [1.165, 1.54) is 17.7 Å². The van der Waals surface area contributed by atoms with Crippen molar-refractivity contribution >= 4 is 21.8 Å². The van der Waals surface area contributed by atoms with E-state index < -0.39 is 21.8 Å². The number of carbonyl (C=O) groups is 2. The molecule has 0 aromatic carbocycles. The van der Waals surface area contributed by atoms with E-state index in [0.29, 0.717) is 49.6 Å². The minimum absolute atomic E-state index is 0.0192. The Balaban J connectivity index is 1.46. The minimum atomic E-state index is -3.37. The molecule has 1 aliphatic carbocycles. The molecule has 0 unspecified atom stereocenters. The molecule has 0 bridgehead atoms. The van der Waals surface area contributed by atoms with E-state index in [1.54, 1.807) is 18.5 Å². The summed E-state index contributed by atoms with van der Waals surface area (Å²) in [6.07, 6.45) is 7.37. The van der Waals surface area contributed by atoms with Crippen molar-refractivity contribution in [2.45, 2.75) is 44.4 Å². The van der Waals surface area contributed by atoms with Gasteiger partial charge in [-0.3, -0.25) is 15.1 Å². The van der Waals surface area contributed by atoms with E-state index in [4.69, 9.17) is 4.74 Å². The van der Waals surface area contributed by atoms with Crippen molar-refractivity contribution in [3.8, 4) is 11.8 Å². The first-order chi connectivity index (χ1) is 14.9.